The van der Waals surface area contributed by atoms with Crippen LogP contribution in [0.3, 0.4) is 0 Å². The molecule has 16 heavy (non-hydrogen) atoms. The lowest BCUT2D eigenvalue weighted by Gasteiger charge is -1.98. The van der Waals surface area contributed by atoms with Gasteiger partial charge in [0.15, 0.2) is 5.58 Å². The SMILES string of the molecule is Cn1oc2cc3nccc(O)c3cc2c1=O. The first-order chi connectivity index (χ1) is 7.66. The van der Waals surface area contributed by atoms with Crippen LogP contribution in [0.5, 0.6) is 5.75 Å². The third kappa shape index (κ3) is 1.05. The maximum Gasteiger partial charge on any atom is 0.290 e. The van der Waals surface area contributed by atoms with Crippen LogP contribution in [0.4, 0.5) is 0 Å². The number of aryl methyl sites for hydroxylation is 1. The standard InChI is InChI=1S/C11H8N2O3/c1-13-11(15)7-4-6-8(5-10(7)16-13)12-3-2-9(6)14/h2-5H,1H3,(H,12,14). The van der Waals surface area contributed by atoms with E-state index in [9.17, 15) is 9.90 Å². The molecular weight excluding hydrogens is 208 g/mol. The maximum atomic E-state index is 11.7. The number of aromatic nitrogens is 2. The fourth-order valence-corrected chi connectivity index (χ4v) is 1.76. The molecule has 0 spiro atoms. The van der Waals surface area contributed by atoms with Gasteiger partial charge in [0.25, 0.3) is 5.56 Å². The Labute approximate surface area is 89.5 Å². The van der Waals surface area contributed by atoms with E-state index in [0.29, 0.717) is 21.9 Å². The van der Waals surface area contributed by atoms with E-state index in [-0.39, 0.29) is 11.3 Å². The maximum absolute atomic E-state index is 11.7. The van der Waals surface area contributed by atoms with Crippen molar-refractivity contribution in [3.8, 4) is 5.75 Å². The number of nitrogens with zero attached hydrogens (tertiary/aromatic N) is 2. The van der Waals surface area contributed by atoms with Crippen molar-refractivity contribution in [1.82, 2.24) is 9.72 Å². The van der Waals surface area contributed by atoms with Gasteiger partial charge in [-0.15, -0.1) is 0 Å². The molecule has 0 atom stereocenters. The largest absolute Gasteiger partial charge is 0.507 e. The fraction of sp³-hybridized carbons (Fsp3) is 0.0909. The second-order valence-corrected chi connectivity index (χ2v) is 3.59. The Balaban J connectivity index is 2.59. The Morgan fingerprint density at radius 3 is 3.00 bits per heavy atom. The lowest BCUT2D eigenvalue weighted by atomic mass is 10.1. The number of fused-ring (bicyclic) bond motifs is 2. The fourth-order valence-electron chi connectivity index (χ4n) is 1.76. The molecular formula is C11H8N2O3. The van der Waals surface area contributed by atoms with Crippen LogP contribution in [0.15, 0.2) is 33.7 Å². The van der Waals surface area contributed by atoms with Crippen molar-refractivity contribution in [2.24, 2.45) is 7.05 Å². The van der Waals surface area contributed by atoms with Crippen LogP contribution in [0.25, 0.3) is 21.9 Å². The Bertz CT molecular complexity index is 755. The molecule has 0 radical (unpaired) electrons. The predicted octanol–water partition coefficient (Wildman–Crippen LogP) is 1.39. The average molecular weight is 216 g/mol. The number of pyridine rings is 1. The predicted molar refractivity (Wildman–Crippen MR) is 58.4 cm³/mol. The van der Waals surface area contributed by atoms with Crippen molar-refractivity contribution in [3.05, 3.63) is 34.7 Å². The number of aromatic hydroxyl groups is 1. The molecule has 2 heterocycles. The molecule has 0 saturated carbocycles. The van der Waals surface area contributed by atoms with Crippen LogP contribution >= 0.6 is 0 Å². The van der Waals surface area contributed by atoms with Gasteiger partial charge in [0.1, 0.15) is 5.75 Å². The van der Waals surface area contributed by atoms with Crippen molar-refractivity contribution in [2.45, 2.75) is 0 Å². The van der Waals surface area contributed by atoms with Crippen molar-refractivity contribution in [2.75, 3.05) is 0 Å². The summed E-state index contributed by atoms with van der Waals surface area (Å²) in [7, 11) is 1.54. The van der Waals surface area contributed by atoms with Gasteiger partial charge in [-0.1, -0.05) is 0 Å². The van der Waals surface area contributed by atoms with E-state index in [1.54, 1.807) is 19.2 Å². The van der Waals surface area contributed by atoms with Gasteiger partial charge >= 0.3 is 0 Å². The van der Waals surface area contributed by atoms with Gasteiger partial charge in [-0.2, -0.15) is 4.74 Å². The van der Waals surface area contributed by atoms with Crippen molar-refractivity contribution < 1.29 is 9.63 Å². The minimum atomic E-state index is -0.222. The molecule has 0 unspecified atom stereocenters. The molecule has 0 saturated heterocycles. The summed E-state index contributed by atoms with van der Waals surface area (Å²) in [6.07, 6.45) is 1.50. The molecule has 5 heteroatoms. The zero-order valence-electron chi connectivity index (χ0n) is 8.47. The number of hydrogen-bond acceptors (Lipinski definition) is 4. The molecule has 5 nitrogen and oxygen atoms in total. The lowest BCUT2D eigenvalue weighted by Crippen LogP contribution is -2.08. The van der Waals surface area contributed by atoms with Gasteiger partial charge in [-0.3, -0.25) is 9.78 Å². The van der Waals surface area contributed by atoms with Crippen molar-refractivity contribution in [3.63, 3.8) is 0 Å². The van der Waals surface area contributed by atoms with E-state index in [1.807, 2.05) is 0 Å². The van der Waals surface area contributed by atoms with Crippen molar-refractivity contribution in [1.29, 1.82) is 0 Å². The molecule has 0 aliphatic carbocycles. The third-order valence-corrected chi connectivity index (χ3v) is 2.57. The first-order valence-electron chi connectivity index (χ1n) is 4.74. The minimum absolute atomic E-state index is 0.107. The molecule has 3 aromatic rings. The quantitative estimate of drug-likeness (QED) is 0.616. The third-order valence-electron chi connectivity index (χ3n) is 2.57. The normalized spacial score (nSPS) is 11.3. The summed E-state index contributed by atoms with van der Waals surface area (Å²) < 4.78 is 6.38. The summed E-state index contributed by atoms with van der Waals surface area (Å²) in [4.78, 5) is 15.8. The number of rotatable bonds is 0. The molecule has 0 aliphatic heterocycles. The highest BCUT2D eigenvalue weighted by atomic mass is 16.5. The van der Waals surface area contributed by atoms with Gasteiger partial charge in [0.2, 0.25) is 0 Å². The topological polar surface area (TPSA) is 68.3 Å². The summed E-state index contributed by atoms with van der Waals surface area (Å²) in [5.74, 6) is 0.107. The van der Waals surface area contributed by atoms with E-state index >= 15 is 0 Å². The minimum Gasteiger partial charge on any atom is -0.507 e. The highest BCUT2D eigenvalue weighted by molar-refractivity contribution is 5.96. The van der Waals surface area contributed by atoms with Gasteiger partial charge in [0.05, 0.1) is 10.9 Å². The summed E-state index contributed by atoms with van der Waals surface area (Å²) in [6, 6.07) is 4.73. The Hall–Kier alpha value is -2.30. The van der Waals surface area contributed by atoms with Crippen molar-refractivity contribution >= 4 is 21.9 Å². The van der Waals surface area contributed by atoms with Crippen LogP contribution in [0.1, 0.15) is 0 Å². The van der Waals surface area contributed by atoms with E-state index < -0.39 is 0 Å². The molecule has 80 valence electrons. The Morgan fingerprint density at radius 1 is 1.38 bits per heavy atom. The zero-order chi connectivity index (χ0) is 11.3. The van der Waals surface area contributed by atoms with Gasteiger partial charge < -0.3 is 9.63 Å². The summed E-state index contributed by atoms with van der Waals surface area (Å²) in [5, 5.41) is 10.6. The van der Waals surface area contributed by atoms with Crippen LogP contribution in [0.2, 0.25) is 0 Å². The number of benzene rings is 1. The Kier molecular flexibility index (Phi) is 1.60. The molecule has 3 rings (SSSR count). The molecule has 1 N–H and O–H groups in total. The molecule has 0 amide bonds. The van der Waals surface area contributed by atoms with E-state index in [0.717, 1.165) is 4.74 Å². The highest BCUT2D eigenvalue weighted by Crippen LogP contribution is 2.26. The summed E-state index contributed by atoms with van der Waals surface area (Å²) in [5.41, 5.74) is 0.847. The first-order valence-corrected chi connectivity index (χ1v) is 4.74. The monoisotopic (exact) mass is 216 g/mol. The smallest absolute Gasteiger partial charge is 0.290 e. The summed E-state index contributed by atoms with van der Waals surface area (Å²) >= 11 is 0. The average Bonchev–Trinajstić information content (AvgIpc) is 2.53. The first kappa shape index (κ1) is 8.96. The molecule has 0 fully saturated rings. The van der Waals surface area contributed by atoms with Gasteiger partial charge in [-0.25, -0.2) is 0 Å². The highest BCUT2D eigenvalue weighted by Gasteiger charge is 2.10. The van der Waals surface area contributed by atoms with Gasteiger partial charge in [0, 0.05) is 24.7 Å². The van der Waals surface area contributed by atoms with E-state index in [2.05, 4.69) is 4.98 Å². The molecule has 0 bridgehead atoms. The summed E-state index contributed by atoms with van der Waals surface area (Å²) in [6.45, 7) is 0. The molecule has 0 aliphatic rings. The van der Waals surface area contributed by atoms with E-state index in [4.69, 9.17) is 4.52 Å². The second-order valence-electron chi connectivity index (χ2n) is 3.59. The zero-order valence-corrected chi connectivity index (χ0v) is 8.47. The molecule has 1 aromatic carbocycles. The number of hydrogen-bond donors (Lipinski definition) is 1. The molecule has 2 aromatic heterocycles. The van der Waals surface area contributed by atoms with Crippen LogP contribution < -0.4 is 5.56 Å². The van der Waals surface area contributed by atoms with Gasteiger partial charge in [-0.05, 0) is 12.1 Å². The Morgan fingerprint density at radius 2 is 2.19 bits per heavy atom. The van der Waals surface area contributed by atoms with Crippen LogP contribution in [-0.4, -0.2) is 14.8 Å². The lowest BCUT2D eigenvalue weighted by molar-refractivity contribution is 0.324. The van der Waals surface area contributed by atoms with Crippen LogP contribution in [0, 0.1) is 0 Å². The van der Waals surface area contributed by atoms with Crippen LogP contribution in [-0.2, 0) is 7.05 Å². The van der Waals surface area contributed by atoms with E-state index in [1.165, 1.54) is 12.3 Å². The second kappa shape index (κ2) is 2.85.